The normalized spacial score (nSPS) is 21.0. The number of halogens is 2. The van der Waals surface area contributed by atoms with Crippen molar-refractivity contribution in [1.29, 1.82) is 0 Å². The molecule has 0 spiro atoms. The largest absolute Gasteiger partial charge is 0.493 e. The molecule has 0 unspecified atom stereocenters. The number of ether oxygens (including phenoxy) is 2. The van der Waals surface area contributed by atoms with Gasteiger partial charge in [0.25, 0.3) is 11.8 Å². The molecule has 2 heterocycles. The van der Waals surface area contributed by atoms with E-state index in [2.05, 4.69) is 10.3 Å². The second-order valence-electron chi connectivity index (χ2n) is 8.52. The summed E-state index contributed by atoms with van der Waals surface area (Å²) in [6.07, 6.45) is 0.447. The zero-order valence-corrected chi connectivity index (χ0v) is 17.7. The van der Waals surface area contributed by atoms with Gasteiger partial charge in [-0.15, -0.1) is 0 Å². The average Bonchev–Trinajstić information content (AvgIpc) is 3.16. The number of rotatable bonds is 5. The number of aromatic nitrogens is 1. The van der Waals surface area contributed by atoms with E-state index < -0.39 is 35.5 Å². The summed E-state index contributed by atoms with van der Waals surface area (Å²) in [5, 5.41) is 2.69. The number of nitrogens with two attached hydrogens (primary N) is 1. The van der Waals surface area contributed by atoms with Crippen LogP contribution in [0.2, 0.25) is 0 Å². The maximum Gasteiger partial charge on any atom is 0.267 e. The number of nitrogens with zero attached hydrogens (tertiary/aromatic N) is 1. The summed E-state index contributed by atoms with van der Waals surface area (Å²) >= 11 is 0. The molecule has 1 fully saturated rings. The van der Waals surface area contributed by atoms with Crippen molar-refractivity contribution in [3.8, 4) is 5.75 Å². The second kappa shape index (κ2) is 8.58. The highest BCUT2D eigenvalue weighted by Gasteiger charge is 2.46. The predicted octanol–water partition coefficient (Wildman–Crippen LogP) is 3.39. The first-order valence-corrected chi connectivity index (χ1v) is 9.77. The number of benzene rings is 1. The van der Waals surface area contributed by atoms with Crippen molar-refractivity contribution >= 4 is 17.5 Å². The van der Waals surface area contributed by atoms with Crippen molar-refractivity contribution in [1.82, 2.24) is 4.98 Å². The lowest BCUT2D eigenvalue weighted by atomic mass is 9.82. The second-order valence-corrected chi connectivity index (χ2v) is 8.52. The van der Waals surface area contributed by atoms with Gasteiger partial charge in [-0.25, -0.2) is 4.39 Å². The molecule has 1 aromatic carbocycles. The first-order chi connectivity index (χ1) is 14.5. The number of anilines is 1. The molecule has 1 aliphatic rings. The first kappa shape index (κ1) is 22.6. The Hall–Kier alpha value is -3.07. The highest BCUT2D eigenvalue weighted by Crippen LogP contribution is 2.45. The van der Waals surface area contributed by atoms with Crippen LogP contribution >= 0.6 is 0 Å². The number of pyridine rings is 1. The maximum absolute atomic E-state index is 14.4. The summed E-state index contributed by atoms with van der Waals surface area (Å²) in [5.41, 5.74) is 5.60. The summed E-state index contributed by atoms with van der Waals surface area (Å²) in [5.74, 6) is -4.20. The van der Waals surface area contributed by atoms with Crippen LogP contribution in [0.5, 0.6) is 5.75 Å². The number of hydrogen-bond donors (Lipinski definition) is 2. The van der Waals surface area contributed by atoms with Gasteiger partial charge in [-0.1, -0.05) is 26.8 Å². The van der Waals surface area contributed by atoms with Crippen LogP contribution in [0.1, 0.15) is 49.2 Å². The van der Waals surface area contributed by atoms with Crippen LogP contribution in [0.25, 0.3) is 0 Å². The minimum Gasteiger partial charge on any atom is -0.493 e. The third kappa shape index (κ3) is 4.66. The zero-order chi connectivity index (χ0) is 22.9. The lowest BCUT2D eigenvalue weighted by molar-refractivity contribution is -0.129. The Bertz CT molecular complexity index is 1010. The van der Waals surface area contributed by atoms with E-state index >= 15 is 0 Å². The average molecular weight is 433 g/mol. The Morgan fingerprint density at radius 2 is 1.97 bits per heavy atom. The molecule has 0 radical (unpaired) electrons. The number of carbonyl (C=O) groups excluding carboxylic acids is 2. The fraction of sp³-hybridized carbons (Fsp3) is 0.409. The van der Waals surface area contributed by atoms with Crippen molar-refractivity contribution in [3.63, 3.8) is 0 Å². The maximum atomic E-state index is 14.4. The van der Waals surface area contributed by atoms with Gasteiger partial charge in [0, 0.05) is 23.4 Å². The fourth-order valence-electron chi connectivity index (χ4n) is 3.68. The lowest BCUT2D eigenvalue weighted by Crippen LogP contribution is -2.34. The van der Waals surface area contributed by atoms with E-state index in [4.69, 9.17) is 15.2 Å². The van der Waals surface area contributed by atoms with Crippen LogP contribution in [-0.4, -0.2) is 36.1 Å². The SMILES string of the molecule is COc1c([C@H]2C[C@H](C(C)(C)C)O[C@@H]2C(=O)Nc2ccnc(C(N)=O)c2)ccc(F)c1F. The van der Waals surface area contributed by atoms with E-state index in [0.717, 1.165) is 6.07 Å². The Morgan fingerprint density at radius 1 is 1.26 bits per heavy atom. The Morgan fingerprint density at radius 3 is 2.58 bits per heavy atom. The quantitative estimate of drug-likeness (QED) is 0.752. The van der Waals surface area contributed by atoms with Crippen molar-refractivity contribution in [3.05, 3.63) is 53.4 Å². The lowest BCUT2D eigenvalue weighted by Gasteiger charge is -2.26. The summed E-state index contributed by atoms with van der Waals surface area (Å²) < 4.78 is 39.3. The number of hydrogen-bond acceptors (Lipinski definition) is 5. The van der Waals surface area contributed by atoms with Crippen LogP contribution < -0.4 is 15.8 Å². The molecule has 0 aliphatic carbocycles. The number of primary amides is 1. The molecule has 2 aromatic rings. The Balaban J connectivity index is 1.96. The summed E-state index contributed by atoms with van der Waals surface area (Å²) in [7, 11) is 1.25. The van der Waals surface area contributed by atoms with E-state index in [1.54, 1.807) is 0 Å². The van der Waals surface area contributed by atoms with Crippen molar-refractivity contribution in [2.75, 3.05) is 12.4 Å². The molecular formula is C22H25F2N3O4. The van der Waals surface area contributed by atoms with E-state index in [-0.39, 0.29) is 23.0 Å². The Labute approximate surface area is 178 Å². The highest BCUT2D eigenvalue weighted by molar-refractivity contribution is 5.97. The van der Waals surface area contributed by atoms with Gasteiger partial charge in [-0.05, 0) is 30.0 Å². The standard InChI is InChI=1S/C22H25F2N3O4/c1-22(2,3)16-10-13(12-5-6-14(23)17(24)18(12)30-4)19(31-16)21(29)27-11-7-8-26-15(9-11)20(25)28/h5-9,13,16,19H,10H2,1-4H3,(H2,25,28)(H,26,27,29)/t13-,16-,19+/m1/s1. The number of amides is 2. The van der Waals surface area contributed by atoms with Crippen LogP contribution in [0.15, 0.2) is 30.5 Å². The number of nitrogens with one attached hydrogen (secondary N) is 1. The third-order valence-electron chi connectivity index (χ3n) is 5.33. The van der Waals surface area contributed by atoms with Crippen LogP contribution in [0.3, 0.4) is 0 Å². The Kier molecular flexibility index (Phi) is 6.26. The van der Waals surface area contributed by atoms with Gasteiger partial charge in [-0.3, -0.25) is 14.6 Å². The van der Waals surface area contributed by atoms with Gasteiger partial charge in [0.1, 0.15) is 11.8 Å². The molecule has 1 aromatic heterocycles. The van der Waals surface area contributed by atoms with Crippen molar-refractivity contribution < 1.29 is 27.8 Å². The van der Waals surface area contributed by atoms with Gasteiger partial charge < -0.3 is 20.5 Å². The van der Waals surface area contributed by atoms with Gasteiger partial charge in [-0.2, -0.15) is 4.39 Å². The summed E-state index contributed by atoms with van der Waals surface area (Å²) in [6, 6.07) is 5.28. The molecule has 166 valence electrons. The highest BCUT2D eigenvalue weighted by atomic mass is 19.2. The van der Waals surface area contributed by atoms with Crippen LogP contribution in [0, 0.1) is 17.0 Å². The molecule has 3 rings (SSSR count). The molecule has 31 heavy (non-hydrogen) atoms. The van der Waals surface area contributed by atoms with Crippen LogP contribution in [-0.2, 0) is 9.53 Å². The van der Waals surface area contributed by atoms with Gasteiger partial charge in [0.2, 0.25) is 5.82 Å². The monoisotopic (exact) mass is 433 g/mol. The molecule has 2 amide bonds. The molecule has 0 bridgehead atoms. The molecule has 3 N–H and O–H groups in total. The third-order valence-corrected chi connectivity index (χ3v) is 5.33. The van der Waals surface area contributed by atoms with Crippen molar-refractivity contribution in [2.45, 2.75) is 45.3 Å². The van der Waals surface area contributed by atoms with Gasteiger partial charge in [0.15, 0.2) is 11.6 Å². The molecule has 7 nitrogen and oxygen atoms in total. The van der Waals surface area contributed by atoms with Gasteiger partial charge in [0.05, 0.1) is 13.2 Å². The van der Waals surface area contributed by atoms with Gasteiger partial charge >= 0.3 is 0 Å². The van der Waals surface area contributed by atoms with Crippen LogP contribution in [0.4, 0.5) is 14.5 Å². The topological polar surface area (TPSA) is 104 Å². The number of carbonyl (C=O) groups is 2. The molecule has 9 heteroatoms. The smallest absolute Gasteiger partial charge is 0.267 e. The molecule has 1 saturated heterocycles. The van der Waals surface area contributed by atoms with Crippen molar-refractivity contribution in [2.24, 2.45) is 11.1 Å². The summed E-state index contributed by atoms with van der Waals surface area (Å²) in [6.45, 7) is 5.92. The molecule has 1 aliphatic heterocycles. The minimum absolute atomic E-state index is 0.00321. The number of methoxy groups -OCH3 is 1. The zero-order valence-electron chi connectivity index (χ0n) is 17.7. The van der Waals surface area contributed by atoms with E-state index in [1.807, 2.05) is 20.8 Å². The van der Waals surface area contributed by atoms with E-state index in [0.29, 0.717) is 17.7 Å². The fourth-order valence-corrected chi connectivity index (χ4v) is 3.68. The molecule has 0 saturated carbocycles. The first-order valence-electron chi connectivity index (χ1n) is 9.77. The van der Waals surface area contributed by atoms with E-state index in [1.165, 1.54) is 31.5 Å². The minimum atomic E-state index is -1.11. The summed E-state index contributed by atoms with van der Waals surface area (Å²) in [4.78, 5) is 28.3. The van der Waals surface area contributed by atoms with E-state index in [9.17, 15) is 18.4 Å². The molecular weight excluding hydrogens is 408 g/mol. The predicted molar refractivity (Wildman–Crippen MR) is 110 cm³/mol. The molecule has 3 atom stereocenters.